The molecular formula is C28H29N7O2. The first-order valence-corrected chi connectivity index (χ1v) is 12.9. The van der Waals surface area contributed by atoms with E-state index in [-0.39, 0.29) is 18.0 Å². The van der Waals surface area contributed by atoms with Gasteiger partial charge in [-0.15, -0.1) is 0 Å². The summed E-state index contributed by atoms with van der Waals surface area (Å²) >= 11 is 0. The largest absolute Gasteiger partial charge is 0.328 e. The average Bonchev–Trinajstić information content (AvgIpc) is 3.57. The van der Waals surface area contributed by atoms with E-state index in [1.807, 2.05) is 29.4 Å². The van der Waals surface area contributed by atoms with Crippen LogP contribution >= 0.6 is 0 Å². The minimum Gasteiger partial charge on any atom is -0.328 e. The van der Waals surface area contributed by atoms with Crippen LogP contribution in [-0.2, 0) is 29.7 Å². The van der Waals surface area contributed by atoms with Gasteiger partial charge in [0.15, 0.2) is 0 Å². The number of hydrogen-bond acceptors (Lipinski definition) is 5. The number of amides is 3. The van der Waals surface area contributed by atoms with Crippen molar-refractivity contribution in [2.24, 2.45) is 4.99 Å². The van der Waals surface area contributed by atoms with Gasteiger partial charge in [0.25, 0.3) is 0 Å². The number of nitrogens with zero attached hydrogens (tertiary/aromatic N) is 5. The number of likely N-dealkylation sites (tertiary alicyclic amines) is 1. The molecule has 1 aromatic carbocycles. The van der Waals surface area contributed by atoms with E-state index in [2.05, 4.69) is 45.1 Å². The van der Waals surface area contributed by atoms with E-state index in [1.165, 1.54) is 27.8 Å². The second-order valence-electron chi connectivity index (χ2n) is 10.7. The van der Waals surface area contributed by atoms with Gasteiger partial charge in [-0.2, -0.15) is 0 Å². The fraction of sp³-hybridized carbons (Fsp3) is 0.393. The number of pyridine rings is 1. The molecule has 1 fully saturated rings. The highest BCUT2D eigenvalue weighted by Crippen LogP contribution is 2.43. The quantitative estimate of drug-likeness (QED) is 0.541. The van der Waals surface area contributed by atoms with Crippen LogP contribution in [-0.4, -0.2) is 50.7 Å². The number of urea groups is 1. The van der Waals surface area contributed by atoms with Gasteiger partial charge in [-0.05, 0) is 61.1 Å². The highest BCUT2D eigenvalue weighted by molar-refractivity contribution is 6.05. The van der Waals surface area contributed by atoms with Crippen LogP contribution in [0, 0.1) is 13.8 Å². The summed E-state index contributed by atoms with van der Waals surface area (Å²) in [5.41, 5.74) is 8.31. The van der Waals surface area contributed by atoms with Crippen LogP contribution in [0.1, 0.15) is 63.9 Å². The number of carbonyl (C=O) groups excluding carboxylic acids is 2. The van der Waals surface area contributed by atoms with Crippen molar-refractivity contribution in [1.29, 1.82) is 0 Å². The van der Waals surface area contributed by atoms with Gasteiger partial charge in [0.1, 0.15) is 5.82 Å². The first-order chi connectivity index (χ1) is 17.9. The molecule has 1 spiro atoms. The van der Waals surface area contributed by atoms with Crippen molar-refractivity contribution in [1.82, 2.24) is 24.8 Å². The van der Waals surface area contributed by atoms with Crippen LogP contribution in [0.5, 0.6) is 0 Å². The van der Waals surface area contributed by atoms with Crippen molar-refractivity contribution in [3.05, 3.63) is 75.6 Å². The van der Waals surface area contributed by atoms with Gasteiger partial charge in [-0.3, -0.25) is 14.8 Å². The molecule has 0 radical (unpaired) electrons. The molecule has 6 heterocycles. The monoisotopic (exact) mass is 495 g/mol. The second-order valence-corrected chi connectivity index (χ2v) is 10.7. The highest BCUT2D eigenvalue weighted by Gasteiger charge is 2.50. The van der Waals surface area contributed by atoms with Gasteiger partial charge in [-0.1, -0.05) is 6.07 Å². The summed E-state index contributed by atoms with van der Waals surface area (Å²) in [7, 11) is 0. The van der Waals surface area contributed by atoms with Crippen molar-refractivity contribution in [2.45, 2.75) is 57.7 Å². The minimum absolute atomic E-state index is 0.00872. The standard InChI is InChI=1S/C28H29N7O2/c1-16-10-18-11-23(25-31-12-17(2)35(25)15-21(18)20-14-29-13-19(16)20)33-27(37)34-8-5-28(6-9-34)24-22(32-26(28)36)4-3-7-30-24/h3-4,7,10,12,14,23H,5-6,8-9,11,13,15H2,1-2H3,(H,32,36)(H,33,37)/t23-/m1/s1. The van der Waals surface area contributed by atoms with Gasteiger partial charge < -0.3 is 20.1 Å². The van der Waals surface area contributed by atoms with Gasteiger partial charge in [0.2, 0.25) is 5.91 Å². The lowest BCUT2D eigenvalue weighted by atomic mass is 9.76. The Balaban J connectivity index is 1.14. The van der Waals surface area contributed by atoms with E-state index in [9.17, 15) is 9.59 Å². The Bertz CT molecular complexity index is 1500. The number of carbonyl (C=O) groups is 2. The third-order valence-corrected chi connectivity index (χ3v) is 8.66. The number of anilines is 1. The highest BCUT2D eigenvalue weighted by atomic mass is 16.2. The maximum absolute atomic E-state index is 13.5. The van der Waals surface area contributed by atoms with Gasteiger partial charge in [0, 0.05) is 55.9 Å². The van der Waals surface area contributed by atoms with E-state index in [0.29, 0.717) is 32.4 Å². The summed E-state index contributed by atoms with van der Waals surface area (Å²) in [6, 6.07) is 5.63. The van der Waals surface area contributed by atoms with E-state index in [1.54, 1.807) is 6.20 Å². The molecule has 0 aliphatic carbocycles. The summed E-state index contributed by atoms with van der Waals surface area (Å²) in [6.45, 7) is 6.66. The Kier molecular flexibility index (Phi) is 4.80. The molecule has 4 aliphatic rings. The van der Waals surface area contributed by atoms with E-state index in [4.69, 9.17) is 4.98 Å². The molecule has 0 bridgehead atoms. The zero-order valence-electron chi connectivity index (χ0n) is 21.0. The number of piperidine rings is 1. The Hall–Kier alpha value is -4.01. The summed E-state index contributed by atoms with van der Waals surface area (Å²) in [5.74, 6) is 0.871. The number of benzene rings is 1. The second kappa shape index (κ2) is 7.99. The number of aryl methyl sites for hydroxylation is 2. The van der Waals surface area contributed by atoms with Crippen LogP contribution in [0.25, 0.3) is 0 Å². The van der Waals surface area contributed by atoms with Crippen LogP contribution in [0.15, 0.2) is 35.6 Å². The number of aromatic nitrogens is 3. The fourth-order valence-electron chi connectivity index (χ4n) is 6.55. The Morgan fingerprint density at radius 2 is 2.03 bits per heavy atom. The Labute approximate surface area is 215 Å². The molecule has 0 saturated carbocycles. The van der Waals surface area contributed by atoms with Crippen molar-refractivity contribution < 1.29 is 9.59 Å². The predicted octanol–water partition coefficient (Wildman–Crippen LogP) is 3.17. The number of imidazole rings is 1. The summed E-state index contributed by atoms with van der Waals surface area (Å²) in [4.78, 5) is 42.0. The Morgan fingerprint density at radius 3 is 2.86 bits per heavy atom. The molecule has 1 saturated heterocycles. The maximum atomic E-state index is 13.5. The van der Waals surface area contributed by atoms with E-state index >= 15 is 0 Å². The van der Waals surface area contributed by atoms with Crippen molar-refractivity contribution >= 4 is 23.8 Å². The molecule has 3 amide bonds. The smallest absolute Gasteiger partial charge is 0.317 e. The van der Waals surface area contributed by atoms with Gasteiger partial charge in [0.05, 0.1) is 29.4 Å². The first-order valence-electron chi connectivity index (χ1n) is 12.9. The van der Waals surface area contributed by atoms with E-state index < -0.39 is 5.41 Å². The summed E-state index contributed by atoms with van der Waals surface area (Å²) in [5, 5.41) is 6.27. The lowest BCUT2D eigenvalue weighted by Crippen LogP contribution is -2.51. The van der Waals surface area contributed by atoms with Gasteiger partial charge in [-0.25, -0.2) is 9.78 Å². The number of rotatable bonds is 1. The van der Waals surface area contributed by atoms with Crippen LogP contribution in [0.4, 0.5) is 10.5 Å². The molecule has 2 aromatic heterocycles. The molecule has 2 N–H and O–H groups in total. The molecule has 9 heteroatoms. The molecule has 3 aromatic rings. The topological polar surface area (TPSA) is 105 Å². The number of fused-ring (bicyclic) bond motifs is 6. The lowest BCUT2D eigenvalue weighted by Gasteiger charge is -2.37. The van der Waals surface area contributed by atoms with Crippen molar-refractivity contribution in [3.63, 3.8) is 0 Å². The lowest BCUT2D eigenvalue weighted by molar-refractivity contribution is -0.122. The van der Waals surface area contributed by atoms with Crippen molar-refractivity contribution in [3.8, 4) is 0 Å². The zero-order valence-corrected chi connectivity index (χ0v) is 21.0. The maximum Gasteiger partial charge on any atom is 0.317 e. The Morgan fingerprint density at radius 1 is 1.19 bits per heavy atom. The molecule has 4 aliphatic heterocycles. The molecule has 0 unspecified atom stereocenters. The molecule has 9 nitrogen and oxygen atoms in total. The predicted molar refractivity (Wildman–Crippen MR) is 139 cm³/mol. The molecule has 37 heavy (non-hydrogen) atoms. The van der Waals surface area contributed by atoms with Crippen LogP contribution in [0.3, 0.4) is 0 Å². The SMILES string of the molecule is Cc1cc2c(c3c1CN=C3)Cn1c(C)cnc1[C@H](NC(=O)N1CCC3(CC1)C(=O)Nc1cccnc13)C2. The summed E-state index contributed by atoms with van der Waals surface area (Å²) < 4.78 is 2.22. The average molecular weight is 496 g/mol. The molecular weight excluding hydrogens is 466 g/mol. The minimum atomic E-state index is -0.651. The van der Waals surface area contributed by atoms with Crippen LogP contribution in [0.2, 0.25) is 0 Å². The van der Waals surface area contributed by atoms with Crippen molar-refractivity contribution in [2.75, 3.05) is 18.4 Å². The normalized spacial score (nSPS) is 20.6. The third-order valence-electron chi connectivity index (χ3n) is 8.66. The van der Waals surface area contributed by atoms with Gasteiger partial charge >= 0.3 is 6.03 Å². The molecule has 188 valence electrons. The number of aliphatic imine (C=N–C) groups is 1. The third kappa shape index (κ3) is 3.26. The fourth-order valence-corrected chi connectivity index (χ4v) is 6.55. The number of nitrogens with one attached hydrogen (secondary N) is 2. The molecule has 7 rings (SSSR count). The number of hydrogen-bond donors (Lipinski definition) is 2. The molecule has 1 atom stereocenters. The van der Waals surface area contributed by atoms with E-state index in [0.717, 1.165) is 36.0 Å². The van der Waals surface area contributed by atoms with Crippen LogP contribution < -0.4 is 10.6 Å². The first kappa shape index (κ1) is 22.2. The zero-order chi connectivity index (χ0) is 25.3. The summed E-state index contributed by atoms with van der Waals surface area (Å²) in [6.07, 6.45) is 7.41.